The third kappa shape index (κ3) is 1.96. The molecule has 0 bridgehead atoms. The van der Waals surface area contributed by atoms with E-state index in [1.165, 1.54) is 22.7 Å². The molecule has 90 valence electrons. The first-order chi connectivity index (χ1) is 8.74. The van der Waals surface area contributed by atoms with E-state index in [2.05, 4.69) is 4.98 Å². The molecular formula is C12H7NO3S2. The van der Waals surface area contributed by atoms with Crippen molar-refractivity contribution >= 4 is 28.6 Å². The van der Waals surface area contributed by atoms with Gasteiger partial charge in [-0.15, -0.1) is 22.7 Å². The maximum absolute atomic E-state index is 10.8. The van der Waals surface area contributed by atoms with Gasteiger partial charge in [-0.1, -0.05) is 0 Å². The Hall–Kier alpha value is -1.92. The number of furan rings is 1. The molecular weight excluding hydrogens is 270 g/mol. The van der Waals surface area contributed by atoms with E-state index in [4.69, 9.17) is 9.52 Å². The van der Waals surface area contributed by atoms with Crippen LogP contribution in [0.5, 0.6) is 0 Å². The van der Waals surface area contributed by atoms with Crippen molar-refractivity contribution in [3.8, 4) is 21.1 Å². The zero-order valence-electron chi connectivity index (χ0n) is 8.99. The zero-order valence-corrected chi connectivity index (χ0v) is 10.6. The highest BCUT2D eigenvalue weighted by molar-refractivity contribution is 7.15. The van der Waals surface area contributed by atoms with Crippen LogP contribution in [0.3, 0.4) is 0 Å². The smallest absolute Gasteiger partial charge is 0.336 e. The summed E-state index contributed by atoms with van der Waals surface area (Å²) in [5.41, 5.74) is 2.03. The van der Waals surface area contributed by atoms with Crippen molar-refractivity contribution < 1.29 is 14.3 Å². The van der Waals surface area contributed by atoms with Crippen LogP contribution in [0.15, 0.2) is 39.8 Å². The molecule has 0 atom stereocenters. The molecule has 0 aromatic carbocycles. The first kappa shape index (κ1) is 11.2. The molecule has 0 aliphatic heterocycles. The van der Waals surface area contributed by atoms with Gasteiger partial charge in [-0.05, 0) is 12.1 Å². The predicted octanol–water partition coefficient (Wildman–Crippen LogP) is 3.83. The summed E-state index contributed by atoms with van der Waals surface area (Å²) in [5.74, 6) is -0.914. The molecule has 3 aromatic heterocycles. The summed E-state index contributed by atoms with van der Waals surface area (Å²) in [5, 5.41) is 13.3. The summed E-state index contributed by atoms with van der Waals surface area (Å²) >= 11 is 2.89. The van der Waals surface area contributed by atoms with Gasteiger partial charge in [-0.3, -0.25) is 0 Å². The number of aromatic carboxylic acids is 1. The SMILES string of the molecule is O=C(O)c1csc(-c2csc(-c3ccoc3)n2)c1. The standard InChI is InChI=1S/C12H7NO3S2/c14-12(15)8-3-10(17-5-8)9-6-18-11(13-9)7-1-2-16-4-7/h1-6H,(H,14,15). The van der Waals surface area contributed by atoms with Gasteiger partial charge >= 0.3 is 5.97 Å². The Bertz CT molecular complexity index is 682. The van der Waals surface area contributed by atoms with Gasteiger partial charge in [0.05, 0.1) is 22.4 Å². The molecule has 0 aliphatic rings. The Labute approximate surface area is 110 Å². The number of carboxylic acids is 1. The van der Waals surface area contributed by atoms with E-state index in [9.17, 15) is 4.79 Å². The highest BCUT2D eigenvalue weighted by Gasteiger charge is 2.12. The molecule has 3 aromatic rings. The van der Waals surface area contributed by atoms with Crippen LogP contribution in [0.2, 0.25) is 0 Å². The van der Waals surface area contributed by atoms with Gasteiger partial charge in [0.15, 0.2) is 0 Å². The lowest BCUT2D eigenvalue weighted by molar-refractivity contribution is 0.0697. The number of thiazole rings is 1. The Morgan fingerprint density at radius 2 is 2.22 bits per heavy atom. The van der Waals surface area contributed by atoms with Crippen molar-refractivity contribution in [2.45, 2.75) is 0 Å². The van der Waals surface area contributed by atoms with Crippen LogP contribution in [0.25, 0.3) is 21.1 Å². The van der Waals surface area contributed by atoms with Crippen molar-refractivity contribution in [1.29, 1.82) is 0 Å². The van der Waals surface area contributed by atoms with Crippen LogP contribution < -0.4 is 0 Å². The predicted molar refractivity (Wildman–Crippen MR) is 70.1 cm³/mol. The topological polar surface area (TPSA) is 63.3 Å². The average Bonchev–Trinajstić information content (AvgIpc) is 3.10. The summed E-state index contributed by atoms with van der Waals surface area (Å²) in [6.45, 7) is 0. The van der Waals surface area contributed by atoms with Gasteiger partial charge in [0.25, 0.3) is 0 Å². The van der Waals surface area contributed by atoms with Crippen molar-refractivity contribution in [3.05, 3.63) is 41.0 Å². The van der Waals surface area contributed by atoms with Gasteiger partial charge < -0.3 is 9.52 Å². The summed E-state index contributed by atoms with van der Waals surface area (Å²) in [6, 6.07) is 3.49. The average molecular weight is 277 g/mol. The molecule has 6 heteroatoms. The van der Waals surface area contributed by atoms with Crippen molar-refractivity contribution in [1.82, 2.24) is 4.98 Å². The van der Waals surface area contributed by atoms with Gasteiger partial charge in [-0.25, -0.2) is 9.78 Å². The van der Waals surface area contributed by atoms with Crippen LogP contribution in [0.1, 0.15) is 10.4 Å². The van der Waals surface area contributed by atoms with E-state index < -0.39 is 5.97 Å². The molecule has 3 rings (SSSR count). The number of carbonyl (C=O) groups is 1. The van der Waals surface area contributed by atoms with E-state index in [0.29, 0.717) is 5.56 Å². The molecule has 0 saturated heterocycles. The molecule has 0 spiro atoms. The lowest BCUT2D eigenvalue weighted by atomic mass is 10.3. The summed E-state index contributed by atoms with van der Waals surface area (Å²) < 4.78 is 5.01. The lowest BCUT2D eigenvalue weighted by Crippen LogP contribution is -1.91. The normalized spacial score (nSPS) is 10.7. The van der Waals surface area contributed by atoms with Crippen LogP contribution in [0, 0.1) is 0 Å². The fourth-order valence-corrected chi connectivity index (χ4v) is 3.21. The molecule has 0 amide bonds. The third-order valence-corrected chi connectivity index (χ3v) is 4.22. The minimum absolute atomic E-state index is 0.299. The maximum atomic E-state index is 10.8. The second kappa shape index (κ2) is 4.40. The summed E-state index contributed by atoms with van der Waals surface area (Å²) in [4.78, 5) is 16.1. The third-order valence-electron chi connectivity index (χ3n) is 2.37. The highest BCUT2D eigenvalue weighted by atomic mass is 32.1. The van der Waals surface area contributed by atoms with Crippen molar-refractivity contribution in [2.24, 2.45) is 0 Å². The fraction of sp³-hybridized carbons (Fsp3) is 0. The molecule has 3 heterocycles. The van der Waals surface area contributed by atoms with Crippen molar-refractivity contribution in [3.63, 3.8) is 0 Å². The number of thiophene rings is 1. The Morgan fingerprint density at radius 3 is 2.89 bits per heavy atom. The zero-order chi connectivity index (χ0) is 12.5. The number of hydrogen-bond donors (Lipinski definition) is 1. The van der Waals surface area contributed by atoms with E-state index in [1.807, 2.05) is 11.4 Å². The minimum atomic E-state index is -0.914. The Morgan fingerprint density at radius 1 is 1.33 bits per heavy atom. The van der Waals surface area contributed by atoms with Gasteiger partial charge in [0.2, 0.25) is 0 Å². The van der Waals surface area contributed by atoms with Crippen LogP contribution >= 0.6 is 22.7 Å². The first-order valence-electron chi connectivity index (χ1n) is 5.04. The monoisotopic (exact) mass is 277 g/mol. The number of aromatic nitrogens is 1. The Balaban J connectivity index is 1.95. The van der Waals surface area contributed by atoms with Crippen LogP contribution in [-0.2, 0) is 0 Å². The molecule has 0 radical (unpaired) electrons. The number of rotatable bonds is 3. The lowest BCUT2D eigenvalue weighted by Gasteiger charge is -1.88. The summed E-state index contributed by atoms with van der Waals surface area (Å²) in [7, 11) is 0. The van der Waals surface area contributed by atoms with E-state index >= 15 is 0 Å². The molecule has 4 nitrogen and oxygen atoms in total. The highest BCUT2D eigenvalue weighted by Crippen LogP contribution is 2.32. The largest absolute Gasteiger partial charge is 0.478 e. The van der Waals surface area contributed by atoms with Crippen LogP contribution in [-0.4, -0.2) is 16.1 Å². The molecule has 0 unspecified atom stereocenters. The first-order valence-corrected chi connectivity index (χ1v) is 6.80. The number of hydrogen-bond acceptors (Lipinski definition) is 5. The molecule has 0 saturated carbocycles. The second-order valence-electron chi connectivity index (χ2n) is 3.55. The Kier molecular flexibility index (Phi) is 2.73. The molecule has 0 aliphatic carbocycles. The quantitative estimate of drug-likeness (QED) is 0.790. The van der Waals surface area contributed by atoms with Gasteiger partial charge in [0, 0.05) is 16.3 Å². The number of carboxylic acid groups (broad SMARTS) is 1. The molecule has 18 heavy (non-hydrogen) atoms. The van der Waals surface area contributed by atoms with E-state index in [-0.39, 0.29) is 0 Å². The summed E-state index contributed by atoms with van der Waals surface area (Å²) in [6.07, 6.45) is 3.24. The fourth-order valence-electron chi connectivity index (χ4n) is 1.49. The molecule has 1 N–H and O–H groups in total. The molecule has 0 fully saturated rings. The van der Waals surface area contributed by atoms with Crippen LogP contribution in [0.4, 0.5) is 0 Å². The van der Waals surface area contributed by atoms with Crippen molar-refractivity contribution in [2.75, 3.05) is 0 Å². The number of nitrogens with zero attached hydrogens (tertiary/aromatic N) is 1. The van der Waals surface area contributed by atoms with Gasteiger partial charge in [0.1, 0.15) is 11.3 Å². The maximum Gasteiger partial charge on any atom is 0.336 e. The van der Waals surface area contributed by atoms with Gasteiger partial charge in [-0.2, -0.15) is 0 Å². The van der Waals surface area contributed by atoms with E-state index in [1.54, 1.807) is 24.0 Å². The second-order valence-corrected chi connectivity index (χ2v) is 5.32. The minimum Gasteiger partial charge on any atom is -0.478 e. The van der Waals surface area contributed by atoms with E-state index in [0.717, 1.165) is 21.1 Å².